The van der Waals surface area contributed by atoms with E-state index in [-0.39, 0.29) is 17.7 Å². The Morgan fingerprint density at radius 2 is 1.29 bits per heavy atom. The molecule has 3 aromatic rings. The molecule has 5 nitrogen and oxygen atoms in total. The number of carbonyl (C=O) groups is 1. The molecular weight excluding hydrogens is 518 g/mol. The summed E-state index contributed by atoms with van der Waals surface area (Å²) in [7, 11) is 2.50. The fourth-order valence-corrected chi connectivity index (χ4v) is 3.71. The van der Waals surface area contributed by atoms with Gasteiger partial charge < -0.3 is 18.9 Å². The number of hydrogen-bond acceptors (Lipinski definition) is 5. The lowest BCUT2D eigenvalue weighted by Crippen LogP contribution is -2.55. The first kappa shape index (κ1) is 28.8. The molecule has 0 aliphatic rings. The number of alkyl halides is 6. The Labute approximate surface area is 214 Å². The highest BCUT2D eigenvalue weighted by Crippen LogP contribution is 2.53. The fourth-order valence-electron chi connectivity index (χ4n) is 3.71. The summed E-state index contributed by atoms with van der Waals surface area (Å²) in [6.45, 7) is -0.983. The number of methoxy groups -OCH3 is 2. The van der Waals surface area contributed by atoms with E-state index < -0.39 is 42.2 Å². The van der Waals surface area contributed by atoms with E-state index in [0.29, 0.717) is 23.4 Å². The molecule has 0 aromatic heterocycles. The third-order valence-corrected chi connectivity index (χ3v) is 5.68. The van der Waals surface area contributed by atoms with Gasteiger partial charge in [0.2, 0.25) is 0 Å². The summed E-state index contributed by atoms with van der Waals surface area (Å²) < 4.78 is 105. The topological polar surface area (TPSA) is 54.0 Å². The fraction of sp³-hybridized carbons (Fsp3) is 0.296. The highest BCUT2D eigenvalue weighted by Gasteiger charge is 2.73. The molecule has 0 fully saturated rings. The smallest absolute Gasteiger partial charge is 0.430 e. The van der Waals surface area contributed by atoms with Crippen LogP contribution in [0.2, 0.25) is 0 Å². The van der Waals surface area contributed by atoms with Crippen LogP contribution in [-0.2, 0) is 32.9 Å². The Morgan fingerprint density at radius 3 is 1.79 bits per heavy atom. The Bertz CT molecular complexity index is 1160. The number of rotatable bonds is 10. The lowest BCUT2D eigenvalue weighted by atomic mass is 9.91. The molecule has 0 amide bonds. The molecule has 0 radical (unpaired) electrons. The maximum absolute atomic E-state index is 14.1. The number of carbonyl (C=O) groups excluding carboxylic acids is 1. The quantitative estimate of drug-likeness (QED) is 0.219. The number of ether oxygens (including phenoxy) is 4. The van der Waals surface area contributed by atoms with Crippen molar-refractivity contribution >= 4 is 5.97 Å². The molecule has 0 bridgehead atoms. The predicted molar refractivity (Wildman–Crippen MR) is 125 cm³/mol. The van der Waals surface area contributed by atoms with E-state index in [9.17, 15) is 31.1 Å². The first-order valence-corrected chi connectivity index (χ1v) is 11.2. The summed E-state index contributed by atoms with van der Waals surface area (Å²) in [6, 6.07) is 17.1. The van der Waals surface area contributed by atoms with Crippen molar-refractivity contribution < 1.29 is 50.1 Å². The van der Waals surface area contributed by atoms with Gasteiger partial charge in [0.05, 0.1) is 20.8 Å². The Morgan fingerprint density at radius 1 is 0.737 bits per heavy atom. The van der Waals surface area contributed by atoms with Gasteiger partial charge in [0.15, 0.2) is 6.10 Å². The van der Waals surface area contributed by atoms with Crippen LogP contribution in [0.3, 0.4) is 0 Å². The molecule has 38 heavy (non-hydrogen) atoms. The number of hydrogen-bond donors (Lipinski definition) is 0. The summed E-state index contributed by atoms with van der Waals surface area (Å²) in [6.07, 6.45) is -12.8. The molecule has 1 atom stereocenters. The van der Waals surface area contributed by atoms with Crippen molar-refractivity contribution in [1.82, 2.24) is 0 Å². The summed E-state index contributed by atoms with van der Waals surface area (Å²) in [5, 5.41) is 0. The van der Waals surface area contributed by atoms with Gasteiger partial charge in [-0.3, -0.25) is 0 Å². The minimum absolute atomic E-state index is 0.0648. The van der Waals surface area contributed by atoms with Crippen LogP contribution in [0.25, 0.3) is 0 Å². The first-order valence-electron chi connectivity index (χ1n) is 11.2. The molecule has 0 saturated heterocycles. The number of halogens is 6. The number of esters is 1. The van der Waals surface area contributed by atoms with Crippen LogP contribution in [0.5, 0.6) is 11.5 Å². The van der Waals surface area contributed by atoms with Crippen molar-refractivity contribution in [2.24, 2.45) is 0 Å². The van der Waals surface area contributed by atoms with Gasteiger partial charge in [0.1, 0.15) is 11.5 Å². The molecule has 0 heterocycles. The zero-order valence-electron chi connectivity index (χ0n) is 20.3. The van der Waals surface area contributed by atoms with E-state index in [2.05, 4.69) is 4.74 Å². The van der Waals surface area contributed by atoms with Crippen LogP contribution in [-0.4, -0.2) is 38.6 Å². The van der Waals surface area contributed by atoms with Crippen LogP contribution < -0.4 is 9.47 Å². The molecule has 0 N–H and O–H groups in total. The average Bonchev–Trinajstić information content (AvgIpc) is 2.88. The van der Waals surface area contributed by atoms with E-state index in [4.69, 9.17) is 14.2 Å². The molecule has 204 valence electrons. The normalized spacial score (nSPS) is 13.1. The molecule has 0 spiro atoms. The molecule has 1 unspecified atom stereocenters. The van der Waals surface area contributed by atoms with Crippen LogP contribution >= 0.6 is 0 Å². The molecular formula is C27H24F6O5. The van der Waals surface area contributed by atoms with Crippen molar-refractivity contribution in [3.8, 4) is 11.5 Å². The van der Waals surface area contributed by atoms with E-state index >= 15 is 0 Å². The molecule has 0 saturated carbocycles. The maximum Gasteiger partial charge on any atom is 0.430 e. The van der Waals surface area contributed by atoms with Gasteiger partial charge in [-0.2, -0.15) is 26.3 Å². The highest BCUT2D eigenvalue weighted by molar-refractivity contribution is 5.75. The standard InChI is InChI=1S/C27H24F6O5/c1-35-21-12-8-19(9-13-21)17-37-25(26(28,29)30,27(31,32)33)20-10-14-22(15-11-20)38-23(24(34)36-2)16-18-6-4-3-5-7-18/h3-15,23H,16-17H2,1-2H3. The molecule has 3 rings (SSSR count). The number of benzene rings is 3. The first-order chi connectivity index (χ1) is 17.9. The van der Waals surface area contributed by atoms with Crippen LogP contribution in [0, 0.1) is 0 Å². The monoisotopic (exact) mass is 542 g/mol. The van der Waals surface area contributed by atoms with Gasteiger partial charge >= 0.3 is 18.3 Å². The molecule has 0 aliphatic carbocycles. The summed E-state index contributed by atoms with van der Waals surface area (Å²) in [5.74, 6) is -0.520. The van der Waals surface area contributed by atoms with Crippen LogP contribution in [0.4, 0.5) is 26.3 Å². The van der Waals surface area contributed by atoms with Crippen LogP contribution in [0.15, 0.2) is 78.9 Å². The lowest BCUT2D eigenvalue weighted by molar-refractivity contribution is -0.392. The van der Waals surface area contributed by atoms with Gasteiger partial charge in [-0.15, -0.1) is 0 Å². The van der Waals surface area contributed by atoms with Crippen molar-refractivity contribution in [3.05, 3.63) is 95.6 Å². The third kappa shape index (κ3) is 6.39. The molecule has 0 aliphatic heterocycles. The van der Waals surface area contributed by atoms with E-state index in [1.807, 2.05) is 0 Å². The van der Waals surface area contributed by atoms with E-state index in [1.54, 1.807) is 30.3 Å². The predicted octanol–water partition coefficient (Wildman–Crippen LogP) is 6.40. The van der Waals surface area contributed by atoms with Crippen molar-refractivity contribution in [1.29, 1.82) is 0 Å². The highest BCUT2D eigenvalue weighted by atomic mass is 19.4. The van der Waals surface area contributed by atoms with Gasteiger partial charge in [0, 0.05) is 12.0 Å². The third-order valence-electron chi connectivity index (χ3n) is 5.68. The van der Waals surface area contributed by atoms with E-state index in [0.717, 1.165) is 19.2 Å². The molecule has 3 aromatic carbocycles. The van der Waals surface area contributed by atoms with Crippen LogP contribution in [0.1, 0.15) is 16.7 Å². The zero-order chi connectivity index (χ0) is 28.0. The van der Waals surface area contributed by atoms with Gasteiger partial charge in [-0.05, 0) is 35.4 Å². The van der Waals surface area contributed by atoms with Crippen molar-refractivity contribution in [2.45, 2.75) is 37.1 Å². The van der Waals surface area contributed by atoms with Crippen molar-refractivity contribution in [2.75, 3.05) is 14.2 Å². The SMILES string of the molecule is COC(=O)C(Cc1ccccc1)Oc1ccc(C(OCc2ccc(OC)cc2)(C(F)(F)F)C(F)(F)F)cc1. The van der Waals surface area contributed by atoms with E-state index in [1.165, 1.54) is 31.4 Å². The summed E-state index contributed by atoms with van der Waals surface area (Å²) in [5.41, 5.74) is -5.04. The second-order valence-electron chi connectivity index (χ2n) is 8.16. The summed E-state index contributed by atoms with van der Waals surface area (Å²) >= 11 is 0. The zero-order valence-corrected chi connectivity index (χ0v) is 20.3. The van der Waals surface area contributed by atoms with Gasteiger partial charge in [-0.1, -0.05) is 54.6 Å². The molecule has 11 heteroatoms. The maximum atomic E-state index is 14.1. The minimum Gasteiger partial charge on any atom is -0.497 e. The largest absolute Gasteiger partial charge is 0.497 e. The summed E-state index contributed by atoms with van der Waals surface area (Å²) in [4.78, 5) is 12.2. The Kier molecular flexibility index (Phi) is 8.93. The lowest BCUT2D eigenvalue weighted by Gasteiger charge is -2.37. The van der Waals surface area contributed by atoms with Gasteiger partial charge in [0.25, 0.3) is 5.60 Å². The minimum atomic E-state index is -5.86. The second kappa shape index (κ2) is 11.8. The second-order valence-corrected chi connectivity index (χ2v) is 8.16. The van der Waals surface area contributed by atoms with Gasteiger partial charge in [-0.25, -0.2) is 4.79 Å². The average molecular weight is 542 g/mol. The van der Waals surface area contributed by atoms with Crippen molar-refractivity contribution in [3.63, 3.8) is 0 Å². The Balaban J connectivity index is 1.91. The Hall–Kier alpha value is -3.73.